The summed E-state index contributed by atoms with van der Waals surface area (Å²) in [7, 11) is 0. The highest BCUT2D eigenvalue weighted by Gasteiger charge is 2.06. The quantitative estimate of drug-likeness (QED) is 0.560. The lowest BCUT2D eigenvalue weighted by molar-refractivity contribution is -0.120. The van der Waals surface area contributed by atoms with Crippen molar-refractivity contribution < 1.29 is 4.79 Å². The summed E-state index contributed by atoms with van der Waals surface area (Å²) in [4.78, 5) is 11.5. The van der Waals surface area contributed by atoms with E-state index in [-0.39, 0.29) is 12.5 Å². The van der Waals surface area contributed by atoms with Gasteiger partial charge in [-0.05, 0) is 12.1 Å². The van der Waals surface area contributed by atoms with Crippen LogP contribution in [-0.2, 0) is 11.3 Å². The van der Waals surface area contributed by atoms with E-state index in [2.05, 4.69) is 27.4 Å². The highest BCUT2D eigenvalue weighted by atomic mass is 16.1. The van der Waals surface area contributed by atoms with E-state index in [1.807, 2.05) is 28.8 Å². The van der Waals surface area contributed by atoms with Gasteiger partial charge in [0.15, 0.2) is 11.5 Å². The zero-order chi connectivity index (χ0) is 12.8. The van der Waals surface area contributed by atoms with Gasteiger partial charge >= 0.3 is 0 Å². The van der Waals surface area contributed by atoms with Crippen molar-refractivity contribution in [2.24, 2.45) is 0 Å². The third kappa shape index (κ3) is 2.92. The second-order valence-electron chi connectivity index (χ2n) is 3.74. The third-order valence-corrected chi connectivity index (χ3v) is 2.40. The molecule has 0 saturated heterocycles. The number of nitrogens with one attached hydrogen (secondary N) is 2. The Hall–Kier alpha value is -2.21. The van der Waals surface area contributed by atoms with Gasteiger partial charge in [0.25, 0.3) is 0 Å². The SMILES string of the molecule is C=CCNCC(=O)NCc1nnc2ccccn12. The van der Waals surface area contributed by atoms with Crippen LogP contribution >= 0.6 is 0 Å². The van der Waals surface area contributed by atoms with E-state index in [9.17, 15) is 4.79 Å². The van der Waals surface area contributed by atoms with Crippen molar-refractivity contribution in [3.63, 3.8) is 0 Å². The number of carbonyl (C=O) groups excluding carboxylic acids is 1. The standard InChI is InChI=1S/C12H15N5O/c1-2-6-13-9-12(18)14-8-11-16-15-10-5-3-4-7-17(10)11/h2-5,7,13H,1,6,8-9H2,(H,14,18). The lowest BCUT2D eigenvalue weighted by Gasteiger charge is -2.04. The van der Waals surface area contributed by atoms with Gasteiger partial charge in [-0.3, -0.25) is 9.20 Å². The molecule has 0 bridgehead atoms. The van der Waals surface area contributed by atoms with E-state index >= 15 is 0 Å². The monoisotopic (exact) mass is 245 g/mol. The molecule has 18 heavy (non-hydrogen) atoms. The molecule has 0 radical (unpaired) electrons. The average molecular weight is 245 g/mol. The van der Waals surface area contributed by atoms with Crippen LogP contribution in [0.15, 0.2) is 37.1 Å². The van der Waals surface area contributed by atoms with Crippen molar-refractivity contribution in [1.82, 2.24) is 25.2 Å². The molecule has 2 aromatic heterocycles. The highest BCUT2D eigenvalue weighted by molar-refractivity contribution is 5.77. The maximum absolute atomic E-state index is 11.5. The molecule has 0 aliphatic heterocycles. The molecule has 0 spiro atoms. The van der Waals surface area contributed by atoms with Crippen molar-refractivity contribution in [2.45, 2.75) is 6.54 Å². The Morgan fingerprint density at radius 1 is 1.44 bits per heavy atom. The van der Waals surface area contributed by atoms with Crippen LogP contribution in [0.1, 0.15) is 5.82 Å². The topological polar surface area (TPSA) is 71.3 Å². The fraction of sp³-hybridized carbons (Fsp3) is 0.250. The van der Waals surface area contributed by atoms with Crippen molar-refractivity contribution >= 4 is 11.6 Å². The lowest BCUT2D eigenvalue weighted by atomic mass is 10.4. The Bertz CT molecular complexity index is 548. The van der Waals surface area contributed by atoms with E-state index in [1.165, 1.54) is 0 Å². The van der Waals surface area contributed by atoms with Crippen molar-refractivity contribution in [3.8, 4) is 0 Å². The molecule has 2 rings (SSSR count). The number of aromatic nitrogens is 3. The Labute approximate surface area is 105 Å². The predicted molar refractivity (Wildman–Crippen MR) is 67.9 cm³/mol. The second-order valence-corrected chi connectivity index (χ2v) is 3.74. The molecular formula is C12H15N5O. The summed E-state index contributed by atoms with van der Waals surface area (Å²) >= 11 is 0. The average Bonchev–Trinajstić information content (AvgIpc) is 2.80. The summed E-state index contributed by atoms with van der Waals surface area (Å²) in [6.07, 6.45) is 3.58. The minimum absolute atomic E-state index is 0.0791. The molecule has 2 N–H and O–H groups in total. The summed E-state index contributed by atoms with van der Waals surface area (Å²) in [6.45, 7) is 4.80. The van der Waals surface area contributed by atoms with Crippen molar-refractivity contribution in [1.29, 1.82) is 0 Å². The van der Waals surface area contributed by atoms with E-state index in [0.717, 1.165) is 5.65 Å². The summed E-state index contributed by atoms with van der Waals surface area (Å²) in [5, 5.41) is 13.7. The minimum Gasteiger partial charge on any atom is -0.348 e. The fourth-order valence-electron chi connectivity index (χ4n) is 1.54. The van der Waals surface area contributed by atoms with Gasteiger partial charge in [-0.1, -0.05) is 12.1 Å². The number of hydrogen-bond acceptors (Lipinski definition) is 4. The van der Waals surface area contributed by atoms with E-state index < -0.39 is 0 Å². The number of rotatable bonds is 6. The largest absolute Gasteiger partial charge is 0.348 e. The first-order valence-corrected chi connectivity index (χ1v) is 5.68. The molecule has 6 heteroatoms. The predicted octanol–water partition coefficient (Wildman–Crippen LogP) is 0.121. The van der Waals surface area contributed by atoms with Gasteiger partial charge in [0.1, 0.15) is 0 Å². The maximum Gasteiger partial charge on any atom is 0.234 e. The Morgan fingerprint density at radius 3 is 3.17 bits per heavy atom. The van der Waals surface area contributed by atoms with Gasteiger partial charge < -0.3 is 10.6 Å². The normalized spacial score (nSPS) is 10.4. The number of nitrogens with zero attached hydrogens (tertiary/aromatic N) is 3. The summed E-state index contributed by atoms with van der Waals surface area (Å²) < 4.78 is 1.84. The Morgan fingerprint density at radius 2 is 2.33 bits per heavy atom. The van der Waals surface area contributed by atoms with Crippen LogP contribution in [-0.4, -0.2) is 33.6 Å². The third-order valence-electron chi connectivity index (χ3n) is 2.40. The molecule has 0 unspecified atom stereocenters. The Kier molecular flexibility index (Phi) is 4.03. The zero-order valence-corrected chi connectivity index (χ0v) is 9.97. The van der Waals surface area contributed by atoms with E-state index in [4.69, 9.17) is 0 Å². The van der Waals surface area contributed by atoms with Gasteiger partial charge in [-0.25, -0.2) is 0 Å². The minimum atomic E-state index is -0.0791. The molecule has 0 aromatic carbocycles. The van der Waals surface area contributed by atoms with Crippen LogP contribution < -0.4 is 10.6 Å². The molecule has 0 atom stereocenters. The highest BCUT2D eigenvalue weighted by Crippen LogP contribution is 2.01. The van der Waals surface area contributed by atoms with E-state index in [1.54, 1.807) is 6.08 Å². The zero-order valence-electron chi connectivity index (χ0n) is 9.97. The molecule has 0 fully saturated rings. The van der Waals surface area contributed by atoms with Gasteiger partial charge in [0, 0.05) is 12.7 Å². The number of pyridine rings is 1. The van der Waals surface area contributed by atoms with E-state index in [0.29, 0.717) is 18.9 Å². The van der Waals surface area contributed by atoms with Crippen LogP contribution in [0, 0.1) is 0 Å². The molecular weight excluding hydrogens is 230 g/mol. The number of amides is 1. The summed E-state index contributed by atoms with van der Waals surface area (Å²) in [5.41, 5.74) is 0.770. The smallest absolute Gasteiger partial charge is 0.234 e. The second kappa shape index (κ2) is 5.92. The molecule has 0 aliphatic rings. The van der Waals surface area contributed by atoms with Gasteiger partial charge in [-0.15, -0.1) is 16.8 Å². The van der Waals surface area contributed by atoms with Crippen LogP contribution in [0.25, 0.3) is 5.65 Å². The van der Waals surface area contributed by atoms with Gasteiger partial charge in [0.2, 0.25) is 5.91 Å². The van der Waals surface area contributed by atoms with Crippen LogP contribution in [0.4, 0.5) is 0 Å². The first kappa shape index (κ1) is 12.3. The van der Waals surface area contributed by atoms with Gasteiger partial charge in [0.05, 0.1) is 13.1 Å². The van der Waals surface area contributed by atoms with Gasteiger partial charge in [-0.2, -0.15) is 0 Å². The number of fused-ring (bicyclic) bond motifs is 1. The molecule has 0 aliphatic carbocycles. The molecule has 6 nitrogen and oxygen atoms in total. The lowest BCUT2D eigenvalue weighted by Crippen LogP contribution is -2.33. The molecule has 0 saturated carbocycles. The first-order valence-electron chi connectivity index (χ1n) is 5.68. The van der Waals surface area contributed by atoms with Crippen LogP contribution in [0.5, 0.6) is 0 Å². The molecule has 2 aromatic rings. The maximum atomic E-state index is 11.5. The Balaban J connectivity index is 1.90. The van der Waals surface area contributed by atoms with Crippen LogP contribution in [0.3, 0.4) is 0 Å². The number of hydrogen-bond donors (Lipinski definition) is 2. The molecule has 2 heterocycles. The van der Waals surface area contributed by atoms with Crippen LogP contribution in [0.2, 0.25) is 0 Å². The van der Waals surface area contributed by atoms with Crippen molar-refractivity contribution in [2.75, 3.05) is 13.1 Å². The summed E-state index contributed by atoms with van der Waals surface area (Å²) in [5.74, 6) is 0.632. The first-order chi connectivity index (χ1) is 8.81. The van der Waals surface area contributed by atoms with Crippen molar-refractivity contribution in [3.05, 3.63) is 42.9 Å². The number of carbonyl (C=O) groups is 1. The summed E-state index contributed by atoms with van der Waals surface area (Å²) in [6, 6.07) is 5.66. The molecule has 1 amide bonds. The fourth-order valence-corrected chi connectivity index (χ4v) is 1.54. The molecule has 94 valence electrons.